The van der Waals surface area contributed by atoms with Crippen LogP contribution in [0, 0.1) is 5.92 Å². The van der Waals surface area contributed by atoms with Gasteiger partial charge in [0.1, 0.15) is 0 Å². The van der Waals surface area contributed by atoms with Gasteiger partial charge >= 0.3 is 6.03 Å². The van der Waals surface area contributed by atoms with Crippen molar-refractivity contribution in [3.63, 3.8) is 0 Å². The first-order chi connectivity index (χ1) is 9.88. The number of hydrogen-bond acceptors (Lipinski definition) is 2. The molecule has 3 N–H and O–H groups in total. The first kappa shape index (κ1) is 17.0. The molecule has 0 unspecified atom stereocenters. The topological polar surface area (TPSA) is 70.2 Å². The Morgan fingerprint density at radius 3 is 2.14 bits per heavy atom. The summed E-state index contributed by atoms with van der Waals surface area (Å²) in [6, 6.07) is 7.15. The highest BCUT2D eigenvalue weighted by molar-refractivity contribution is 5.94. The molecule has 0 saturated heterocycles. The zero-order valence-corrected chi connectivity index (χ0v) is 13.2. The van der Waals surface area contributed by atoms with E-state index in [1.54, 1.807) is 12.1 Å². The summed E-state index contributed by atoms with van der Waals surface area (Å²) in [5, 5.41) is 8.40. The Kier molecular flexibility index (Phi) is 6.72. The Morgan fingerprint density at radius 1 is 1.00 bits per heavy atom. The second-order valence-electron chi connectivity index (χ2n) is 5.78. The van der Waals surface area contributed by atoms with Gasteiger partial charge in [-0.15, -0.1) is 0 Å². The normalized spacial score (nSPS) is 10.6. The second-order valence-corrected chi connectivity index (χ2v) is 5.78. The molecule has 0 aromatic heterocycles. The summed E-state index contributed by atoms with van der Waals surface area (Å²) >= 11 is 0. The smallest absolute Gasteiger partial charge is 0.315 e. The van der Waals surface area contributed by atoms with Gasteiger partial charge in [-0.1, -0.05) is 26.0 Å². The van der Waals surface area contributed by atoms with E-state index in [2.05, 4.69) is 29.8 Å². The van der Waals surface area contributed by atoms with Gasteiger partial charge in [0.2, 0.25) is 0 Å². The van der Waals surface area contributed by atoms with E-state index >= 15 is 0 Å². The zero-order chi connectivity index (χ0) is 15.8. The number of rotatable bonds is 6. The molecule has 0 aliphatic heterocycles. The van der Waals surface area contributed by atoms with Gasteiger partial charge in [-0.05, 0) is 37.5 Å². The summed E-state index contributed by atoms with van der Waals surface area (Å²) in [5.74, 6) is 0.359. The summed E-state index contributed by atoms with van der Waals surface area (Å²) in [7, 11) is 0. The van der Waals surface area contributed by atoms with Gasteiger partial charge in [-0.3, -0.25) is 4.79 Å². The van der Waals surface area contributed by atoms with E-state index in [0.717, 1.165) is 5.56 Å². The molecule has 0 bridgehead atoms. The lowest BCUT2D eigenvalue weighted by Gasteiger charge is -2.11. The van der Waals surface area contributed by atoms with Crippen molar-refractivity contribution in [2.24, 2.45) is 5.92 Å². The van der Waals surface area contributed by atoms with Crippen molar-refractivity contribution in [3.05, 3.63) is 35.4 Å². The molecule has 0 atom stereocenters. The Morgan fingerprint density at radius 2 is 1.62 bits per heavy atom. The van der Waals surface area contributed by atoms with Gasteiger partial charge in [-0.25, -0.2) is 4.79 Å². The molecule has 0 aliphatic carbocycles. The van der Waals surface area contributed by atoms with E-state index in [1.807, 2.05) is 26.0 Å². The van der Waals surface area contributed by atoms with Crippen LogP contribution in [0.5, 0.6) is 0 Å². The highest BCUT2D eigenvalue weighted by Crippen LogP contribution is 2.04. The van der Waals surface area contributed by atoms with Crippen molar-refractivity contribution in [1.82, 2.24) is 16.0 Å². The minimum atomic E-state index is -0.191. The van der Waals surface area contributed by atoms with Crippen LogP contribution >= 0.6 is 0 Å². The molecule has 5 heteroatoms. The number of benzene rings is 1. The van der Waals surface area contributed by atoms with Crippen LogP contribution in [0.15, 0.2) is 24.3 Å². The van der Waals surface area contributed by atoms with Crippen molar-refractivity contribution in [2.75, 3.05) is 6.54 Å². The molecule has 1 rings (SSSR count). The number of urea groups is 1. The Bertz CT molecular complexity index is 467. The molecule has 5 nitrogen and oxygen atoms in total. The minimum absolute atomic E-state index is 0.0687. The fraction of sp³-hybridized carbons (Fsp3) is 0.500. The number of carbonyl (C=O) groups is 2. The lowest BCUT2D eigenvalue weighted by molar-refractivity contribution is 0.0949. The Balaban J connectivity index is 2.46. The van der Waals surface area contributed by atoms with Gasteiger partial charge in [0.15, 0.2) is 0 Å². The third-order valence-electron chi connectivity index (χ3n) is 2.76. The molecule has 0 saturated carbocycles. The fourth-order valence-electron chi connectivity index (χ4n) is 1.67. The number of carbonyl (C=O) groups excluding carboxylic acids is 2. The molecule has 0 spiro atoms. The first-order valence-electron chi connectivity index (χ1n) is 7.30. The van der Waals surface area contributed by atoms with Crippen molar-refractivity contribution in [1.29, 1.82) is 0 Å². The fourth-order valence-corrected chi connectivity index (χ4v) is 1.67. The van der Waals surface area contributed by atoms with Gasteiger partial charge in [0.05, 0.1) is 0 Å². The van der Waals surface area contributed by atoms with Crippen LogP contribution < -0.4 is 16.0 Å². The first-order valence-corrected chi connectivity index (χ1v) is 7.30. The lowest BCUT2D eigenvalue weighted by Crippen LogP contribution is -2.39. The van der Waals surface area contributed by atoms with Crippen LogP contribution in [-0.2, 0) is 6.54 Å². The van der Waals surface area contributed by atoms with Gasteiger partial charge in [-0.2, -0.15) is 0 Å². The predicted molar refractivity (Wildman–Crippen MR) is 84.1 cm³/mol. The molecule has 0 radical (unpaired) electrons. The maximum absolute atomic E-state index is 11.9. The molecule has 1 aromatic carbocycles. The maximum Gasteiger partial charge on any atom is 0.315 e. The SMILES string of the molecule is CC(C)CNC(=O)c1ccc(CNC(=O)NC(C)C)cc1. The molecular formula is C16H25N3O2. The van der Waals surface area contributed by atoms with Crippen LogP contribution in [0.1, 0.15) is 43.6 Å². The Labute approximate surface area is 126 Å². The van der Waals surface area contributed by atoms with Crippen molar-refractivity contribution < 1.29 is 9.59 Å². The summed E-state index contributed by atoms with van der Waals surface area (Å²) in [5.41, 5.74) is 1.58. The zero-order valence-electron chi connectivity index (χ0n) is 13.2. The highest BCUT2D eigenvalue weighted by Gasteiger charge is 2.06. The van der Waals surface area contributed by atoms with Crippen LogP contribution in [0.2, 0.25) is 0 Å². The third-order valence-corrected chi connectivity index (χ3v) is 2.76. The molecule has 21 heavy (non-hydrogen) atoms. The summed E-state index contributed by atoms with van der Waals surface area (Å²) in [6.07, 6.45) is 0. The van der Waals surface area contributed by atoms with Gasteiger partial charge < -0.3 is 16.0 Å². The molecule has 0 aliphatic rings. The van der Waals surface area contributed by atoms with Crippen LogP contribution in [-0.4, -0.2) is 24.5 Å². The van der Waals surface area contributed by atoms with E-state index < -0.39 is 0 Å². The van der Waals surface area contributed by atoms with Gasteiger partial charge in [0, 0.05) is 24.7 Å². The van der Waals surface area contributed by atoms with Crippen LogP contribution in [0.4, 0.5) is 4.79 Å². The van der Waals surface area contributed by atoms with E-state index in [1.165, 1.54) is 0 Å². The van der Waals surface area contributed by atoms with E-state index in [0.29, 0.717) is 24.6 Å². The molecule has 1 aromatic rings. The summed E-state index contributed by atoms with van der Waals surface area (Å²) in [4.78, 5) is 23.3. The molecule has 116 valence electrons. The maximum atomic E-state index is 11.9. The number of hydrogen-bond donors (Lipinski definition) is 3. The predicted octanol–water partition coefficient (Wildman–Crippen LogP) is 2.28. The molecule has 3 amide bonds. The highest BCUT2D eigenvalue weighted by atomic mass is 16.2. The second kappa shape index (κ2) is 8.29. The molecule has 0 fully saturated rings. The third kappa shape index (κ3) is 6.79. The largest absolute Gasteiger partial charge is 0.352 e. The monoisotopic (exact) mass is 291 g/mol. The summed E-state index contributed by atoms with van der Waals surface area (Å²) in [6.45, 7) is 9.02. The summed E-state index contributed by atoms with van der Waals surface area (Å²) < 4.78 is 0. The number of amides is 3. The number of nitrogens with one attached hydrogen (secondary N) is 3. The quantitative estimate of drug-likeness (QED) is 0.752. The average Bonchev–Trinajstić information content (AvgIpc) is 2.42. The van der Waals surface area contributed by atoms with Crippen molar-refractivity contribution in [3.8, 4) is 0 Å². The Hall–Kier alpha value is -2.04. The van der Waals surface area contributed by atoms with E-state index in [4.69, 9.17) is 0 Å². The van der Waals surface area contributed by atoms with Crippen molar-refractivity contribution in [2.45, 2.75) is 40.3 Å². The standard InChI is InChI=1S/C16H25N3O2/c1-11(2)9-17-15(20)14-7-5-13(6-8-14)10-18-16(21)19-12(3)4/h5-8,11-12H,9-10H2,1-4H3,(H,17,20)(H2,18,19,21). The minimum Gasteiger partial charge on any atom is -0.352 e. The molecular weight excluding hydrogens is 266 g/mol. The van der Waals surface area contributed by atoms with Crippen LogP contribution in [0.3, 0.4) is 0 Å². The average molecular weight is 291 g/mol. The van der Waals surface area contributed by atoms with Crippen LogP contribution in [0.25, 0.3) is 0 Å². The van der Waals surface area contributed by atoms with E-state index in [9.17, 15) is 9.59 Å². The lowest BCUT2D eigenvalue weighted by atomic mass is 10.1. The molecule has 0 heterocycles. The van der Waals surface area contributed by atoms with Crippen molar-refractivity contribution >= 4 is 11.9 Å². The van der Waals surface area contributed by atoms with Gasteiger partial charge in [0.25, 0.3) is 5.91 Å². The van der Waals surface area contributed by atoms with E-state index in [-0.39, 0.29) is 18.0 Å².